The van der Waals surface area contributed by atoms with Crippen LogP contribution in [0.1, 0.15) is 23.6 Å². The number of rotatable bonds is 4. The van der Waals surface area contributed by atoms with Gasteiger partial charge in [-0.1, -0.05) is 71.9 Å². The van der Waals surface area contributed by atoms with Gasteiger partial charge in [-0.25, -0.2) is 0 Å². The first-order valence-electron chi connectivity index (χ1n) is 7.82. The lowest BCUT2D eigenvalue weighted by Gasteiger charge is -2.05. The molecule has 0 bridgehead atoms. The second kappa shape index (κ2) is 7.45. The number of nitrogens with zero attached hydrogens (tertiary/aromatic N) is 2. The molecule has 0 aromatic heterocycles. The van der Waals surface area contributed by atoms with Crippen LogP contribution in [0.2, 0.25) is 0 Å². The molecule has 0 radical (unpaired) electrons. The van der Waals surface area contributed by atoms with Gasteiger partial charge >= 0.3 is 0 Å². The number of thioether (sulfide) groups is 1. The summed E-state index contributed by atoms with van der Waals surface area (Å²) in [5.74, 6) is -0.00751. The fraction of sp³-hybridized carbons (Fsp3) is 0.211. The molecule has 1 heterocycles. The Morgan fingerprint density at radius 2 is 1.83 bits per heavy atom. The molecule has 122 valence electrons. The lowest BCUT2D eigenvalue weighted by molar-refractivity contribution is -0.118. The van der Waals surface area contributed by atoms with Gasteiger partial charge in [-0.15, -0.1) is 5.10 Å². The zero-order valence-electron chi connectivity index (χ0n) is 13.7. The summed E-state index contributed by atoms with van der Waals surface area (Å²) in [4.78, 5) is 12.1. The maximum atomic E-state index is 12.1. The summed E-state index contributed by atoms with van der Waals surface area (Å²) in [6.45, 7) is 3.96. The minimum atomic E-state index is -0.154. The number of hydrogen-bond acceptors (Lipinski definition) is 4. The van der Waals surface area contributed by atoms with Gasteiger partial charge in [0.2, 0.25) is 5.91 Å². The molecular weight excluding hydrogens is 318 g/mol. The van der Waals surface area contributed by atoms with E-state index >= 15 is 0 Å². The van der Waals surface area contributed by atoms with Crippen LogP contribution in [-0.4, -0.2) is 22.0 Å². The molecule has 24 heavy (non-hydrogen) atoms. The van der Waals surface area contributed by atoms with Gasteiger partial charge in [0.25, 0.3) is 0 Å². The summed E-state index contributed by atoms with van der Waals surface area (Å²) in [7, 11) is 0. The molecule has 5 heteroatoms. The molecule has 0 spiro atoms. The minimum Gasteiger partial charge on any atom is -0.303 e. The first kappa shape index (κ1) is 16.5. The molecular formula is C19H19N3OS. The third kappa shape index (κ3) is 4.11. The van der Waals surface area contributed by atoms with Crippen molar-refractivity contribution in [3.63, 3.8) is 0 Å². The molecule has 2 aromatic rings. The Morgan fingerprint density at radius 3 is 2.54 bits per heavy atom. The van der Waals surface area contributed by atoms with Gasteiger partial charge < -0.3 is 5.32 Å². The molecule has 1 atom stereocenters. The molecule has 3 rings (SSSR count). The van der Waals surface area contributed by atoms with Gasteiger partial charge in [0.15, 0.2) is 5.17 Å². The van der Waals surface area contributed by atoms with Crippen LogP contribution in [0.4, 0.5) is 0 Å². The van der Waals surface area contributed by atoms with E-state index in [1.165, 1.54) is 17.3 Å². The van der Waals surface area contributed by atoms with E-state index in [4.69, 9.17) is 0 Å². The number of hydrogen-bond donors (Lipinski definition) is 1. The van der Waals surface area contributed by atoms with Gasteiger partial charge in [-0.2, -0.15) is 5.10 Å². The third-order valence-corrected chi connectivity index (χ3v) is 4.87. The summed E-state index contributed by atoms with van der Waals surface area (Å²) in [6.07, 6.45) is 0.692. The van der Waals surface area contributed by atoms with Crippen molar-refractivity contribution in [3.8, 4) is 0 Å². The van der Waals surface area contributed by atoms with Gasteiger partial charge in [0.1, 0.15) is 0 Å². The fourth-order valence-corrected chi connectivity index (χ4v) is 3.34. The second-order valence-electron chi connectivity index (χ2n) is 5.74. The van der Waals surface area contributed by atoms with Crippen molar-refractivity contribution in [1.29, 1.82) is 0 Å². The van der Waals surface area contributed by atoms with Gasteiger partial charge in [-0.05, 0) is 31.4 Å². The van der Waals surface area contributed by atoms with Crippen molar-refractivity contribution >= 4 is 28.5 Å². The van der Waals surface area contributed by atoms with Crippen LogP contribution in [0.25, 0.3) is 0 Å². The van der Waals surface area contributed by atoms with Crippen molar-refractivity contribution in [2.45, 2.75) is 25.5 Å². The van der Waals surface area contributed by atoms with E-state index in [2.05, 4.69) is 46.7 Å². The van der Waals surface area contributed by atoms with E-state index in [9.17, 15) is 4.79 Å². The summed E-state index contributed by atoms with van der Waals surface area (Å²) in [6, 6.07) is 18.1. The number of amidine groups is 1. The van der Waals surface area contributed by atoms with Crippen LogP contribution in [0.5, 0.6) is 0 Å². The largest absolute Gasteiger partial charge is 0.303 e. The number of nitrogens with one attached hydrogen (secondary N) is 1. The summed E-state index contributed by atoms with van der Waals surface area (Å²) >= 11 is 1.44. The monoisotopic (exact) mass is 337 g/mol. The molecule has 1 aliphatic rings. The molecule has 1 saturated heterocycles. The summed E-state index contributed by atoms with van der Waals surface area (Å²) in [5.41, 5.74) is 4.21. The van der Waals surface area contributed by atoms with Crippen LogP contribution in [0.3, 0.4) is 0 Å². The highest BCUT2D eigenvalue weighted by Crippen LogP contribution is 2.23. The number of carbonyl (C=O) groups is 1. The van der Waals surface area contributed by atoms with E-state index in [0.29, 0.717) is 11.6 Å². The molecule has 2 aromatic carbocycles. The standard InChI is InChI=1S/C19H19N3OS/c1-13-8-10-15(11-9-13)12-17-18(23)20-19(24-17)22-21-14(2)16-6-4-3-5-7-16/h3-11,17H,12H2,1-2H3,(H,20,22,23)/b21-14-/t17-/m0/s1. The Balaban J connectivity index is 1.67. The highest BCUT2D eigenvalue weighted by molar-refractivity contribution is 8.15. The van der Waals surface area contributed by atoms with Crippen LogP contribution in [-0.2, 0) is 11.2 Å². The highest BCUT2D eigenvalue weighted by Gasteiger charge is 2.30. The summed E-state index contributed by atoms with van der Waals surface area (Å²) in [5, 5.41) is 11.6. The van der Waals surface area contributed by atoms with Crippen LogP contribution in [0.15, 0.2) is 64.8 Å². The van der Waals surface area contributed by atoms with E-state index in [1.54, 1.807) is 0 Å². The van der Waals surface area contributed by atoms with Crippen molar-refractivity contribution in [2.75, 3.05) is 0 Å². The predicted octanol–water partition coefficient (Wildman–Crippen LogP) is 3.55. The normalized spacial score (nSPS) is 19.6. The molecule has 0 saturated carbocycles. The molecule has 1 amide bonds. The lowest BCUT2D eigenvalue weighted by Crippen LogP contribution is -2.25. The minimum absolute atomic E-state index is 0.00751. The number of aryl methyl sites for hydroxylation is 1. The first-order chi connectivity index (χ1) is 11.6. The first-order valence-corrected chi connectivity index (χ1v) is 8.70. The topological polar surface area (TPSA) is 53.8 Å². The highest BCUT2D eigenvalue weighted by atomic mass is 32.2. The summed E-state index contributed by atoms with van der Waals surface area (Å²) < 4.78 is 0. The van der Waals surface area contributed by atoms with E-state index in [1.807, 2.05) is 37.3 Å². The van der Waals surface area contributed by atoms with Gasteiger partial charge in [0, 0.05) is 0 Å². The Hall–Kier alpha value is -2.40. The van der Waals surface area contributed by atoms with Crippen molar-refractivity contribution in [3.05, 3.63) is 71.3 Å². The van der Waals surface area contributed by atoms with Crippen LogP contribution >= 0.6 is 11.8 Å². The number of carbonyl (C=O) groups excluding carboxylic acids is 1. The van der Waals surface area contributed by atoms with Gasteiger partial charge in [-0.3, -0.25) is 4.79 Å². The SMILES string of the molecule is C/C(=N/N=C1\NC(=O)[C@H](Cc2ccc(C)cc2)S1)c1ccccc1. The fourth-order valence-electron chi connectivity index (χ4n) is 2.38. The molecule has 1 aliphatic heterocycles. The Kier molecular flexibility index (Phi) is 5.11. The molecule has 1 fully saturated rings. The Labute approximate surface area is 146 Å². The average molecular weight is 337 g/mol. The van der Waals surface area contributed by atoms with Crippen molar-refractivity contribution in [1.82, 2.24) is 5.32 Å². The van der Waals surface area contributed by atoms with Crippen LogP contribution in [0, 0.1) is 6.92 Å². The van der Waals surface area contributed by atoms with E-state index in [-0.39, 0.29) is 11.2 Å². The van der Waals surface area contributed by atoms with E-state index in [0.717, 1.165) is 16.8 Å². The maximum Gasteiger partial charge on any atom is 0.239 e. The number of amides is 1. The maximum absolute atomic E-state index is 12.1. The Morgan fingerprint density at radius 1 is 1.12 bits per heavy atom. The predicted molar refractivity (Wildman–Crippen MR) is 100 cm³/mol. The third-order valence-electron chi connectivity index (χ3n) is 3.80. The Bertz CT molecular complexity index is 782. The number of benzene rings is 2. The van der Waals surface area contributed by atoms with Crippen molar-refractivity contribution in [2.24, 2.45) is 10.2 Å². The van der Waals surface area contributed by atoms with E-state index < -0.39 is 0 Å². The zero-order valence-corrected chi connectivity index (χ0v) is 14.5. The molecule has 0 aliphatic carbocycles. The van der Waals surface area contributed by atoms with Crippen LogP contribution < -0.4 is 5.32 Å². The second-order valence-corrected chi connectivity index (χ2v) is 6.93. The molecule has 0 unspecified atom stereocenters. The quantitative estimate of drug-likeness (QED) is 0.685. The molecule has 1 N–H and O–H groups in total. The lowest BCUT2D eigenvalue weighted by atomic mass is 10.1. The smallest absolute Gasteiger partial charge is 0.239 e. The zero-order chi connectivity index (χ0) is 16.9. The average Bonchev–Trinajstić information content (AvgIpc) is 2.95. The molecule has 4 nitrogen and oxygen atoms in total. The van der Waals surface area contributed by atoms with Gasteiger partial charge in [0.05, 0.1) is 11.0 Å². The van der Waals surface area contributed by atoms with Crippen molar-refractivity contribution < 1.29 is 4.79 Å².